The summed E-state index contributed by atoms with van der Waals surface area (Å²) in [4.78, 5) is 33.9. The molecule has 0 bridgehead atoms. The minimum absolute atomic E-state index is 0.0739. The summed E-state index contributed by atoms with van der Waals surface area (Å²) in [6.07, 6.45) is 5.68. The number of aromatic nitrogens is 2. The summed E-state index contributed by atoms with van der Waals surface area (Å²) < 4.78 is 13.0. The number of nitrogens with two attached hydrogens (primary N) is 1. The highest BCUT2D eigenvalue weighted by Crippen LogP contribution is 2.34. The zero-order valence-corrected chi connectivity index (χ0v) is 21.6. The van der Waals surface area contributed by atoms with E-state index in [-0.39, 0.29) is 30.7 Å². The van der Waals surface area contributed by atoms with Crippen molar-refractivity contribution in [3.63, 3.8) is 0 Å². The Bertz CT molecular complexity index is 1360. The number of fused-ring (bicyclic) bond motifs is 2. The van der Waals surface area contributed by atoms with Crippen molar-refractivity contribution in [3.8, 4) is 11.5 Å². The summed E-state index contributed by atoms with van der Waals surface area (Å²) in [5.74, 6) is 0.795. The lowest BCUT2D eigenvalue weighted by molar-refractivity contribution is -0.127. The number of hydrogen-bond acceptors (Lipinski definition) is 6. The Hall–Kier alpha value is -3.85. The van der Waals surface area contributed by atoms with E-state index in [0.29, 0.717) is 36.6 Å². The second-order valence-corrected chi connectivity index (χ2v) is 10.5. The van der Waals surface area contributed by atoms with E-state index in [4.69, 9.17) is 15.2 Å². The van der Waals surface area contributed by atoms with Crippen LogP contribution in [0.15, 0.2) is 48.8 Å². The third kappa shape index (κ3) is 4.74. The molecule has 1 aliphatic carbocycles. The van der Waals surface area contributed by atoms with Crippen LogP contribution in [0.5, 0.6) is 11.5 Å². The Labute approximate surface area is 221 Å². The molecule has 198 valence electrons. The minimum atomic E-state index is -0.655. The summed E-state index contributed by atoms with van der Waals surface area (Å²) >= 11 is 0. The van der Waals surface area contributed by atoms with E-state index in [0.717, 1.165) is 37.1 Å². The van der Waals surface area contributed by atoms with Gasteiger partial charge in [-0.25, -0.2) is 4.98 Å². The Balaban J connectivity index is 1.29. The largest absolute Gasteiger partial charge is 0.454 e. The van der Waals surface area contributed by atoms with Gasteiger partial charge in [-0.05, 0) is 61.9 Å². The molecular formula is C29H33N5O4. The van der Waals surface area contributed by atoms with E-state index in [1.165, 1.54) is 11.1 Å². The first kappa shape index (κ1) is 24.5. The molecule has 1 fully saturated rings. The van der Waals surface area contributed by atoms with E-state index < -0.39 is 6.04 Å². The van der Waals surface area contributed by atoms with Gasteiger partial charge in [-0.2, -0.15) is 0 Å². The molecule has 3 aliphatic rings. The van der Waals surface area contributed by atoms with Gasteiger partial charge in [0.2, 0.25) is 12.7 Å². The van der Waals surface area contributed by atoms with Crippen molar-refractivity contribution >= 4 is 11.8 Å². The zero-order chi connectivity index (χ0) is 26.2. The molecule has 1 saturated carbocycles. The van der Waals surface area contributed by atoms with Crippen molar-refractivity contribution in [2.45, 2.75) is 70.2 Å². The van der Waals surface area contributed by atoms with Crippen molar-refractivity contribution < 1.29 is 19.1 Å². The second-order valence-electron chi connectivity index (χ2n) is 10.5. The predicted octanol–water partition coefficient (Wildman–Crippen LogP) is 2.92. The van der Waals surface area contributed by atoms with Crippen LogP contribution in [-0.4, -0.2) is 51.2 Å². The van der Waals surface area contributed by atoms with Crippen LogP contribution in [-0.2, 0) is 24.3 Å². The quantitative estimate of drug-likeness (QED) is 0.541. The molecule has 1 unspecified atom stereocenters. The van der Waals surface area contributed by atoms with Gasteiger partial charge in [0, 0.05) is 30.6 Å². The van der Waals surface area contributed by atoms with E-state index in [2.05, 4.69) is 33.9 Å². The van der Waals surface area contributed by atoms with Crippen LogP contribution in [0.1, 0.15) is 58.6 Å². The molecule has 0 radical (unpaired) electrons. The molecule has 3 aromatic rings. The summed E-state index contributed by atoms with van der Waals surface area (Å²) in [5.41, 5.74) is 10.7. The van der Waals surface area contributed by atoms with Gasteiger partial charge in [0.25, 0.3) is 5.91 Å². The fraction of sp³-hybridized carbons (Fsp3) is 0.414. The minimum Gasteiger partial charge on any atom is -0.454 e. The topological polar surface area (TPSA) is 112 Å². The average molecular weight is 516 g/mol. The van der Waals surface area contributed by atoms with E-state index in [1.807, 2.05) is 18.5 Å². The Morgan fingerprint density at radius 1 is 1.08 bits per heavy atom. The number of carbonyl (C=O) groups excluding carboxylic acids is 2. The van der Waals surface area contributed by atoms with Gasteiger partial charge in [-0.1, -0.05) is 24.3 Å². The van der Waals surface area contributed by atoms with Crippen LogP contribution < -0.4 is 20.5 Å². The third-order valence-electron chi connectivity index (χ3n) is 8.02. The molecule has 9 heteroatoms. The Morgan fingerprint density at radius 3 is 2.68 bits per heavy atom. The van der Waals surface area contributed by atoms with Gasteiger partial charge >= 0.3 is 0 Å². The molecule has 38 heavy (non-hydrogen) atoms. The molecule has 2 aliphatic heterocycles. The number of amides is 2. The van der Waals surface area contributed by atoms with Gasteiger partial charge in [-0.3, -0.25) is 9.59 Å². The summed E-state index contributed by atoms with van der Waals surface area (Å²) in [7, 11) is 0. The molecule has 2 amide bonds. The summed E-state index contributed by atoms with van der Waals surface area (Å²) in [6.45, 7) is 3.17. The monoisotopic (exact) mass is 515 g/mol. The second kappa shape index (κ2) is 10.1. The number of nitrogens with zero attached hydrogens (tertiary/aromatic N) is 3. The first-order valence-corrected chi connectivity index (χ1v) is 13.3. The molecular weight excluding hydrogens is 482 g/mol. The maximum Gasteiger partial charge on any atom is 0.255 e. The van der Waals surface area contributed by atoms with Gasteiger partial charge in [0.05, 0.1) is 24.3 Å². The molecule has 0 saturated heterocycles. The van der Waals surface area contributed by atoms with E-state index >= 15 is 0 Å². The van der Waals surface area contributed by atoms with Crippen molar-refractivity contribution in [1.82, 2.24) is 19.8 Å². The first-order valence-electron chi connectivity index (χ1n) is 13.3. The molecule has 1 atom stereocenters. The fourth-order valence-electron chi connectivity index (χ4n) is 5.68. The highest BCUT2D eigenvalue weighted by molar-refractivity contribution is 5.98. The van der Waals surface area contributed by atoms with Gasteiger partial charge in [-0.15, -0.1) is 0 Å². The molecule has 1 aromatic heterocycles. The molecule has 3 heterocycles. The van der Waals surface area contributed by atoms with Crippen LogP contribution in [0.4, 0.5) is 0 Å². The number of rotatable bonds is 5. The molecule has 6 rings (SSSR count). The van der Waals surface area contributed by atoms with Gasteiger partial charge < -0.3 is 30.0 Å². The normalized spacial score (nSPS) is 22.2. The predicted molar refractivity (Wildman–Crippen MR) is 141 cm³/mol. The van der Waals surface area contributed by atoms with E-state index in [1.54, 1.807) is 23.1 Å². The zero-order valence-electron chi connectivity index (χ0n) is 21.6. The van der Waals surface area contributed by atoms with Gasteiger partial charge in [0.15, 0.2) is 11.5 Å². The average Bonchev–Trinajstić information content (AvgIpc) is 3.56. The lowest BCUT2D eigenvalue weighted by Gasteiger charge is -2.36. The highest BCUT2D eigenvalue weighted by Gasteiger charge is 2.38. The van der Waals surface area contributed by atoms with Crippen LogP contribution in [0, 0.1) is 6.92 Å². The van der Waals surface area contributed by atoms with Crippen LogP contribution in [0.3, 0.4) is 0 Å². The number of imidazole rings is 1. The third-order valence-corrected chi connectivity index (χ3v) is 8.02. The van der Waals surface area contributed by atoms with Crippen LogP contribution in [0.2, 0.25) is 0 Å². The van der Waals surface area contributed by atoms with E-state index in [9.17, 15) is 9.59 Å². The number of carbonyl (C=O) groups is 2. The van der Waals surface area contributed by atoms with Crippen LogP contribution >= 0.6 is 0 Å². The Morgan fingerprint density at radius 2 is 1.87 bits per heavy atom. The number of hydrogen-bond donors (Lipinski definition) is 2. The van der Waals surface area contributed by atoms with Gasteiger partial charge in [0.1, 0.15) is 6.04 Å². The lowest BCUT2D eigenvalue weighted by atomic mass is 9.91. The maximum atomic E-state index is 13.9. The maximum absolute atomic E-state index is 13.9. The molecule has 2 aromatic carbocycles. The van der Waals surface area contributed by atoms with Crippen molar-refractivity contribution in [1.29, 1.82) is 0 Å². The lowest BCUT2D eigenvalue weighted by Crippen LogP contribution is -2.55. The SMILES string of the molecule is Cc1ccccc1Cn1cnc2c1CN(C(=O)c1ccc3c(c1)OCO3)C(C(=O)NC1CCC(N)CC1)C2. The van der Waals surface area contributed by atoms with Crippen molar-refractivity contribution in [3.05, 3.63) is 76.9 Å². The molecule has 9 nitrogen and oxygen atoms in total. The van der Waals surface area contributed by atoms with Crippen LogP contribution in [0.25, 0.3) is 0 Å². The fourth-order valence-corrected chi connectivity index (χ4v) is 5.68. The molecule has 0 spiro atoms. The van der Waals surface area contributed by atoms with Crippen molar-refractivity contribution in [2.75, 3.05) is 6.79 Å². The Kier molecular flexibility index (Phi) is 6.53. The number of aryl methyl sites for hydroxylation is 1. The summed E-state index contributed by atoms with van der Waals surface area (Å²) in [5, 5.41) is 3.20. The molecule has 3 N–H and O–H groups in total. The summed E-state index contributed by atoms with van der Waals surface area (Å²) in [6, 6.07) is 13.0. The number of benzene rings is 2. The van der Waals surface area contributed by atoms with Crippen molar-refractivity contribution in [2.24, 2.45) is 5.73 Å². The smallest absolute Gasteiger partial charge is 0.255 e. The number of ether oxygens (including phenoxy) is 2. The standard InChI is InChI=1S/C29H33N5O4/c1-18-4-2-3-5-20(18)14-33-16-31-23-13-24(28(35)32-22-9-7-21(30)8-10-22)34(15-25(23)33)29(36)19-6-11-26-27(12-19)38-17-37-26/h2-6,11-12,16,21-22,24H,7-10,13-15,17,30H2,1H3,(H,32,35). The highest BCUT2D eigenvalue weighted by atomic mass is 16.7. The number of nitrogens with one attached hydrogen (secondary N) is 1. The first-order chi connectivity index (χ1) is 18.5.